The van der Waals surface area contributed by atoms with Crippen molar-refractivity contribution in [3.8, 4) is 23.3 Å². The SMILES string of the molecule is CO/C=C(\C#N)Oc1cc(Br)c(C)cc1C(C)C.Cc1cc(C(C)C)c(Oc2cnc(N)nc2N)cc1Br. The number of aryl methyl sites for hydroxylation is 2. The quantitative estimate of drug-likeness (QED) is 0.196. The average Bonchev–Trinajstić information content (AvgIpc) is 2.84. The lowest BCUT2D eigenvalue weighted by molar-refractivity contribution is 0.310. The standard InChI is InChI=1S/C14H17BrN4O.C14H16BrNO2/c1-7(2)9-4-8(3)10(15)5-11(9)20-12-6-18-14(17)19-13(12)16;1-9(2)12-5-10(3)13(15)6-14(12)18-11(7-16)8-17-4/h4-7H,1-3H3,(H4,16,17,18,19);5-6,8-9H,1-4H3/b;11-8+. The molecule has 0 saturated heterocycles. The van der Waals surface area contributed by atoms with E-state index in [9.17, 15) is 0 Å². The summed E-state index contributed by atoms with van der Waals surface area (Å²) >= 11 is 6.98. The molecule has 38 heavy (non-hydrogen) atoms. The van der Waals surface area contributed by atoms with Crippen molar-refractivity contribution in [3.05, 3.63) is 73.7 Å². The predicted molar refractivity (Wildman–Crippen MR) is 158 cm³/mol. The van der Waals surface area contributed by atoms with Gasteiger partial charge in [-0.1, -0.05) is 71.7 Å². The number of hydrogen-bond acceptors (Lipinski definition) is 8. The van der Waals surface area contributed by atoms with Crippen LogP contribution in [0.1, 0.15) is 61.8 Å². The molecule has 0 spiro atoms. The van der Waals surface area contributed by atoms with Crippen LogP contribution in [0.3, 0.4) is 0 Å². The van der Waals surface area contributed by atoms with Crippen molar-refractivity contribution < 1.29 is 14.2 Å². The molecule has 3 aromatic rings. The van der Waals surface area contributed by atoms with Gasteiger partial charge in [0.1, 0.15) is 23.8 Å². The Balaban J connectivity index is 0.000000269. The minimum absolute atomic E-state index is 0.129. The van der Waals surface area contributed by atoms with Gasteiger partial charge in [0.05, 0.1) is 13.3 Å². The van der Waals surface area contributed by atoms with Crippen LogP contribution in [-0.4, -0.2) is 17.1 Å². The van der Waals surface area contributed by atoms with E-state index in [1.54, 1.807) is 0 Å². The van der Waals surface area contributed by atoms with Gasteiger partial charge >= 0.3 is 0 Å². The minimum Gasteiger partial charge on any atom is -0.500 e. The third-order valence-corrected chi connectivity index (χ3v) is 7.11. The molecule has 0 radical (unpaired) electrons. The first-order valence-corrected chi connectivity index (χ1v) is 13.4. The molecule has 0 saturated carbocycles. The van der Waals surface area contributed by atoms with E-state index < -0.39 is 0 Å². The smallest absolute Gasteiger partial charge is 0.238 e. The molecule has 0 aliphatic carbocycles. The largest absolute Gasteiger partial charge is 0.500 e. The molecule has 0 fully saturated rings. The van der Waals surface area contributed by atoms with Gasteiger partial charge in [0.25, 0.3) is 0 Å². The summed E-state index contributed by atoms with van der Waals surface area (Å²) in [7, 11) is 1.48. The van der Waals surface area contributed by atoms with Crippen LogP contribution in [0.5, 0.6) is 17.2 Å². The highest BCUT2D eigenvalue weighted by Crippen LogP contribution is 2.36. The van der Waals surface area contributed by atoms with E-state index in [1.165, 1.54) is 19.6 Å². The van der Waals surface area contributed by atoms with Crippen LogP contribution in [0.2, 0.25) is 0 Å². The maximum atomic E-state index is 8.94. The first-order chi connectivity index (χ1) is 17.9. The number of allylic oxidation sites excluding steroid dienone is 1. The number of rotatable bonds is 7. The average molecular weight is 647 g/mol. The van der Waals surface area contributed by atoms with Gasteiger partial charge in [0, 0.05) is 8.95 Å². The Labute approximate surface area is 241 Å². The lowest BCUT2D eigenvalue weighted by Crippen LogP contribution is -2.03. The van der Waals surface area contributed by atoms with E-state index in [-0.39, 0.29) is 17.5 Å². The molecule has 0 amide bonds. The van der Waals surface area contributed by atoms with Crippen LogP contribution in [0.15, 0.2) is 51.4 Å². The molecule has 1 heterocycles. The molecule has 1 aromatic heterocycles. The summed E-state index contributed by atoms with van der Waals surface area (Å²) in [6.07, 6.45) is 2.77. The molecule has 0 unspecified atom stereocenters. The first-order valence-electron chi connectivity index (χ1n) is 11.8. The maximum Gasteiger partial charge on any atom is 0.238 e. The van der Waals surface area contributed by atoms with Gasteiger partial charge < -0.3 is 25.7 Å². The van der Waals surface area contributed by atoms with Crippen LogP contribution in [0, 0.1) is 25.2 Å². The van der Waals surface area contributed by atoms with Crippen molar-refractivity contribution in [1.29, 1.82) is 5.26 Å². The lowest BCUT2D eigenvalue weighted by atomic mass is 10.00. The fourth-order valence-electron chi connectivity index (χ4n) is 3.34. The fourth-order valence-corrected chi connectivity index (χ4v) is 3.99. The van der Waals surface area contributed by atoms with Crippen molar-refractivity contribution in [2.45, 2.75) is 53.4 Å². The number of anilines is 2. The van der Waals surface area contributed by atoms with Crippen LogP contribution in [-0.2, 0) is 4.74 Å². The number of halogens is 2. The molecular weight excluding hydrogens is 614 g/mol. The zero-order valence-corrected chi connectivity index (χ0v) is 25.8. The summed E-state index contributed by atoms with van der Waals surface area (Å²) in [4.78, 5) is 7.79. The van der Waals surface area contributed by atoms with Gasteiger partial charge in [-0.25, -0.2) is 4.98 Å². The molecule has 2 aromatic carbocycles. The third kappa shape index (κ3) is 8.36. The summed E-state index contributed by atoms with van der Waals surface area (Å²) in [5.74, 6) is 2.94. The number of nitrogens with two attached hydrogens (primary N) is 2. The molecule has 8 nitrogen and oxygen atoms in total. The summed E-state index contributed by atoms with van der Waals surface area (Å²) < 4.78 is 18.2. The Morgan fingerprint density at radius 1 is 0.921 bits per heavy atom. The topological polar surface area (TPSA) is 129 Å². The second-order valence-corrected chi connectivity index (χ2v) is 10.8. The van der Waals surface area contributed by atoms with E-state index in [1.807, 2.05) is 32.0 Å². The number of nitriles is 1. The molecule has 3 rings (SSSR count). The molecule has 202 valence electrons. The number of benzene rings is 2. The van der Waals surface area contributed by atoms with Gasteiger partial charge in [0.2, 0.25) is 11.7 Å². The second kappa shape index (κ2) is 14.0. The Bertz CT molecular complexity index is 1350. The van der Waals surface area contributed by atoms with E-state index in [2.05, 4.69) is 81.7 Å². The lowest BCUT2D eigenvalue weighted by Gasteiger charge is -2.16. The van der Waals surface area contributed by atoms with Crippen LogP contribution >= 0.6 is 31.9 Å². The highest BCUT2D eigenvalue weighted by Gasteiger charge is 2.14. The molecule has 0 bridgehead atoms. The number of nitrogens with zero attached hydrogens (tertiary/aromatic N) is 3. The van der Waals surface area contributed by atoms with Crippen LogP contribution in [0.4, 0.5) is 11.8 Å². The minimum atomic E-state index is 0.129. The van der Waals surface area contributed by atoms with Gasteiger partial charge in [-0.2, -0.15) is 10.2 Å². The number of nitrogen functional groups attached to an aromatic ring is 2. The Morgan fingerprint density at radius 3 is 1.92 bits per heavy atom. The highest BCUT2D eigenvalue weighted by atomic mass is 79.9. The maximum absolute atomic E-state index is 8.94. The van der Waals surface area contributed by atoms with Crippen molar-refractivity contribution in [3.63, 3.8) is 0 Å². The molecule has 0 aliphatic rings. The monoisotopic (exact) mass is 645 g/mol. The van der Waals surface area contributed by atoms with Crippen molar-refractivity contribution in [2.75, 3.05) is 18.6 Å². The molecule has 10 heteroatoms. The summed E-state index contributed by atoms with van der Waals surface area (Å²) in [6, 6.07) is 9.92. The van der Waals surface area contributed by atoms with E-state index in [4.69, 9.17) is 30.9 Å². The highest BCUT2D eigenvalue weighted by molar-refractivity contribution is 9.10. The van der Waals surface area contributed by atoms with Crippen molar-refractivity contribution >= 4 is 43.6 Å². The first kappa shape index (κ1) is 30.9. The van der Waals surface area contributed by atoms with E-state index >= 15 is 0 Å². The van der Waals surface area contributed by atoms with Crippen LogP contribution < -0.4 is 20.9 Å². The number of ether oxygens (including phenoxy) is 3. The van der Waals surface area contributed by atoms with E-state index in [0.29, 0.717) is 23.3 Å². The van der Waals surface area contributed by atoms with Crippen molar-refractivity contribution in [1.82, 2.24) is 9.97 Å². The summed E-state index contributed by atoms with van der Waals surface area (Å²) in [5, 5.41) is 8.94. The van der Waals surface area contributed by atoms with Gasteiger partial charge in [-0.05, 0) is 60.1 Å². The number of methoxy groups -OCH3 is 1. The molecule has 4 N–H and O–H groups in total. The fraction of sp³-hybridized carbons (Fsp3) is 0.321. The van der Waals surface area contributed by atoms with Gasteiger partial charge in [-0.3, -0.25) is 0 Å². The van der Waals surface area contributed by atoms with Crippen LogP contribution in [0.25, 0.3) is 0 Å². The Kier molecular flexibility index (Phi) is 11.4. The zero-order valence-electron chi connectivity index (χ0n) is 22.6. The number of hydrogen-bond donors (Lipinski definition) is 2. The molecule has 0 atom stereocenters. The zero-order chi connectivity index (χ0) is 28.6. The Hall–Kier alpha value is -3.29. The summed E-state index contributed by atoms with van der Waals surface area (Å²) in [5.41, 5.74) is 15.7. The van der Waals surface area contributed by atoms with E-state index in [0.717, 1.165) is 36.9 Å². The Morgan fingerprint density at radius 2 is 1.45 bits per heavy atom. The summed E-state index contributed by atoms with van der Waals surface area (Å²) in [6.45, 7) is 12.5. The predicted octanol–water partition coefficient (Wildman–Crippen LogP) is 7.90. The third-order valence-electron chi connectivity index (χ3n) is 5.40. The normalized spacial score (nSPS) is 11.1. The molecule has 0 aliphatic heterocycles. The molecular formula is C28H33Br2N5O3. The van der Waals surface area contributed by atoms with Gasteiger partial charge in [0.15, 0.2) is 11.6 Å². The second-order valence-electron chi connectivity index (χ2n) is 9.10. The van der Waals surface area contributed by atoms with Gasteiger partial charge in [-0.15, -0.1) is 0 Å². The number of aromatic nitrogens is 2. The van der Waals surface area contributed by atoms with Crippen molar-refractivity contribution in [2.24, 2.45) is 0 Å².